The van der Waals surface area contributed by atoms with Crippen LogP contribution in [0.15, 0.2) is 42.5 Å². The Morgan fingerprint density at radius 3 is 2.37 bits per heavy atom. The van der Waals surface area contributed by atoms with E-state index in [4.69, 9.17) is 26.2 Å². The van der Waals surface area contributed by atoms with Crippen molar-refractivity contribution in [3.8, 4) is 17.2 Å². The van der Waals surface area contributed by atoms with E-state index < -0.39 is 23.6 Å². The number of ether oxygens (including phenoxy) is 2. The van der Waals surface area contributed by atoms with Crippen molar-refractivity contribution in [1.82, 2.24) is 0 Å². The fourth-order valence-corrected chi connectivity index (χ4v) is 2.45. The summed E-state index contributed by atoms with van der Waals surface area (Å²) in [5, 5.41) is 8.69. The van der Waals surface area contributed by atoms with Crippen LogP contribution in [-0.4, -0.2) is 17.2 Å². The van der Waals surface area contributed by atoms with Gasteiger partial charge in [0.1, 0.15) is 23.4 Å². The third kappa shape index (κ3) is 5.53. The van der Waals surface area contributed by atoms with Crippen LogP contribution in [0.4, 0.5) is 13.2 Å². The van der Waals surface area contributed by atoms with Gasteiger partial charge in [0, 0.05) is 12.5 Å². The smallest absolute Gasteiger partial charge is 0.416 e. The molecule has 0 spiro atoms. The highest BCUT2D eigenvalue weighted by molar-refractivity contribution is 6.32. The van der Waals surface area contributed by atoms with Gasteiger partial charge in [0.05, 0.1) is 16.5 Å². The highest BCUT2D eigenvalue weighted by atomic mass is 35.5. The normalized spacial score (nSPS) is 18.1. The molecule has 3 rings (SSSR count). The number of benzene rings is 2. The Morgan fingerprint density at radius 1 is 1.15 bits per heavy atom. The van der Waals surface area contributed by atoms with Crippen LogP contribution in [0.5, 0.6) is 17.2 Å². The number of halogens is 4. The molecule has 1 fully saturated rings. The molecule has 0 heterocycles. The molecule has 2 aromatic rings. The second-order valence-electron chi connectivity index (χ2n) is 5.56. The molecular weight excluding hydrogens is 385 g/mol. The van der Waals surface area contributed by atoms with E-state index in [0.717, 1.165) is 18.2 Å². The van der Waals surface area contributed by atoms with E-state index in [9.17, 15) is 18.0 Å². The number of carboxylic acids is 1. The summed E-state index contributed by atoms with van der Waals surface area (Å²) in [5.74, 6) is -0.634. The third-order valence-electron chi connectivity index (χ3n) is 3.63. The quantitative estimate of drug-likeness (QED) is 0.663. The van der Waals surface area contributed by atoms with Gasteiger partial charge in [-0.15, -0.1) is 0 Å². The predicted octanol–water partition coefficient (Wildman–Crippen LogP) is 6.03. The first-order chi connectivity index (χ1) is 12.7. The standard InChI is InChI=1S/C17H12ClF3O4.C2H6/c18-13-6-9(17(19,20)21)4-5-14(13)24-10-2-1-3-11(7-10)25-15-8-12(15)16(22)23;1-2/h1-7,12,15H,8H2,(H,22,23);1-2H3/t12?,15-;/m1./s1. The fraction of sp³-hybridized carbons (Fsp3) is 0.316. The van der Waals surface area contributed by atoms with Gasteiger partial charge < -0.3 is 14.6 Å². The van der Waals surface area contributed by atoms with Crippen molar-refractivity contribution in [3.05, 3.63) is 53.1 Å². The zero-order valence-electron chi connectivity index (χ0n) is 14.6. The molecule has 8 heteroatoms. The summed E-state index contributed by atoms with van der Waals surface area (Å²) in [4.78, 5) is 10.8. The van der Waals surface area contributed by atoms with E-state index >= 15 is 0 Å². The first-order valence-electron chi connectivity index (χ1n) is 8.28. The van der Waals surface area contributed by atoms with Crippen LogP contribution in [0, 0.1) is 5.92 Å². The minimum atomic E-state index is -4.49. The summed E-state index contributed by atoms with van der Waals surface area (Å²) in [5.41, 5.74) is -0.865. The second-order valence-corrected chi connectivity index (χ2v) is 5.96. The fourth-order valence-electron chi connectivity index (χ4n) is 2.23. The molecule has 0 bridgehead atoms. The molecule has 1 aliphatic rings. The zero-order valence-corrected chi connectivity index (χ0v) is 15.3. The average Bonchev–Trinajstić information content (AvgIpc) is 3.37. The van der Waals surface area contributed by atoms with Crippen LogP contribution >= 0.6 is 11.6 Å². The van der Waals surface area contributed by atoms with Gasteiger partial charge in [-0.1, -0.05) is 31.5 Å². The maximum absolute atomic E-state index is 12.6. The van der Waals surface area contributed by atoms with Gasteiger partial charge in [-0.3, -0.25) is 4.79 Å². The van der Waals surface area contributed by atoms with Crippen molar-refractivity contribution in [2.75, 3.05) is 0 Å². The minimum Gasteiger partial charge on any atom is -0.489 e. The minimum absolute atomic E-state index is 0.0710. The number of hydrogen-bond acceptors (Lipinski definition) is 3. The van der Waals surface area contributed by atoms with E-state index in [-0.39, 0.29) is 16.9 Å². The van der Waals surface area contributed by atoms with E-state index in [1.165, 1.54) is 6.07 Å². The van der Waals surface area contributed by atoms with Crippen molar-refractivity contribution >= 4 is 17.6 Å². The molecule has 0 radical (unpaired) electrons. The molecule has 1 N–H and O–H groups in total. The first kappa shape index (κ1) is 20.9. The zero-order chi connectivity index (χ0) is 20.2. The van der Waals surface area contributed by atoms with Crippen molar-refractivity contribution in [1.29, 1.82) is 0 Å². The van der Waals surface area contributed by atoms with Crippen molar-refractivity contribution in [2.45, 2.75) is 32.5 Å². The Kier molecular flexibility index (Phi) is 6.59. The summed E-state index contributed by atoms with van der Waals surface area (Å²) in [6.45, 7) is 4.00. The van der Waals surface area contributed by atoms with Crippen LogP contribution < -0.4 is 9.47 Å². The Hall–Kier alpha value is -2.41. The van der Waals surface area contributed by atoms with Crippen LogP contribution in [0.1, 0.15) is 25.8 Å². The molecule has 1 aliphatic carbocycles. The van der Waals surface area contributed by atoms with Gasteiger partial charge in [0.2, 0.25) is 0 Å². The van der Waals surface area contributed by atoms with Gasteiger partial charge in [0.25, 0.3) is 0 Å². The van der Waals surface area contributed by atoms with Crippen molar-refractivity contribution in [2.24, 2.45) is 5.92 Å². The lowest BCUT2D eigenvalue weighted by molar-refractivity contribution is -0.139. The molecule has 146 valence electrons. The molecule has 2 aromatic carbocycles. The van der Waals surface area contributed by atoms with Crippen LogP contribution in [0.3, 0.4) is 0 Å². The van der Waals surface area contributed by atoms with Gasteiger partial charge >= 0.3 is 12.1 Å². The molecule has 4 nitrogen and oxygen atoms in total. The molecule has 1 unspecified atom stereocenters. The van der Waals surface area contributed by atoms with Gasteiger partial charge in [-0.25, -0.2) is 0 Å². The molecule has 0 saturated heterocycles. The van der Waals surface area contributed by atoms with Crippen LogP contribution in [0.2, 0.25) is 5.02 Å². The molecule has 1 saturated carbocycles. The number of hydrogen-bond donors (Lipinski definition) is 1. The molecule has 2 atom stereocenters. The maximum Gasteiger partial charge on any atom is 0.416 e. The lowest BCUT2D eigenvalue weighted by Crippen LogP contribution is -2.07. The van der Waals surface area contributed by atoms with E-state index in [1.54, 1.807) is 18.2 Å². The first-order valence-corrected chi connectivity index (χ1v) is 8.66. The molecule has 27 heavy (non-hydrogen) atoms. The van der Waals surface area contributed by atoms with Crippen LogP contribution in [-0.2, 0) is 11.0 Å². The third-order valence-corrected chi connectivity index (χ3v) is 3.92. The summed E-state index contributed by atoms with van der Waals surface area (Å²) in [6, 6.07) is 9.18. The topological polar surface area (TPSA) is 55.8 Å². The lowest BCUT2D eigenvalue weighted by Gasteiger charge is -2.12. The molecule has 0 amide bonds. The number of carbonyl (C=O) groups is 1. The average molecular weight is 403 g/mol. The number of rotatable bonds is 5. The highest BCUT2D eigenvalue weighted by Crippen LogP contribution is 2.38. The number of carboxylic acid groups (broad SMARTS) is 1. The van der Waals surface area contributed by atoms with Crippen molar-refractivity contribution in [3.63, 3.8) is 0 Å². The maximum atomic E-state index is 12.6. The number of alkyl halides is 3. The monoisotopic (exact) mass is 402 g/mol. The molecular formula is C19H18ClF3O4. The summed E-state index contributed by atoms with van der Waals surface area (Å²) in [7, 11) is 0. The van der Waals surface area contributed by atoms with Crippen LogP contribution in [0.25, 0.3) is 0 Å². The lowest BCUT2D eigenvalue weighted by atomic mass is 10.2. The van der Waals surface area contributed by atoms with Gasteiger partial charge in [-0.05, 0) is 30.3 Å². The van der Waals surface area contributed by atoms with Crippen molar-refractivity contribution < 1.29 is 32.5 Å². The van der Waals surface area contributed by atoms with Gasteiger partial charge in [-0.2, -0.15) is 13.2 Å². The predicted molar refractivity (Wildman–Crippen MR) is 94.5 cm³/mol. The molecule has 0 aromatic heterocycles. The Labute approximate surface area is 159 Å². The van der Waals surface area contributed by atoms with E-state index in [0.29, 0.717) is 17.9 Å². The summed E-state index contributed by atoms with van der Waals surface area (Å²) < 4.78 is 48.9. The van der Waals surface area contributed by atoms with E-state index in [2.05, 4.69) is 0 Å². The summed E-state index contributed by atoms with van der Waals surface area (Å²) in [6.07, 6.45) is -4.44. The Balaban J connectivity index is 0.00000126. The summed E-state index contributed by atoms with van der Waals surface area (Å²) >= 11 is 5.85. The Bertz CT molecular complexity index is 808. The SMILES string of the molecule is CC.O=C(O)C1C[C@H]1Oc1cccc(Oc2ccc(C(F)(F)F)cc2Cl)c1. The molecule has 0 aliphatic heterocycles. The number of aliphatic carboxylic acids is 1. The largest absolute Gasteiger partial charge is 0.489 e. The highest BCUT2D eigenvalue weighted by Gasteiger charge is 2.45. The second kappa shape index (κ2) is 8.52. The Morgan fingerprint density at radius 2 is 1.81 bits per heavy atom. The van der Waals surface area contributed by atoms with E-state index in [1.807, 2.05) is 13.8 Å². The van der Waals surface area contributed by atoms with Gasteiger partial charge in [0.15, 0.2) is 0 Å².